The van der Waals surface area contributed by atoms with Crippen molar-refractivity contribution in [3.05, 3.63) is 108 Å². The van der Waals surface area contributed by atoms with Crippen molar-refractivity contribution >= 4 is 40.1 Å². The van der Waals surface area contributed by atoms with Gasteiger partial charge in [0.05, 0.1) is 6.57 Å². The van der Waals surface area contributed by atoms with Crippen LogP contribution in [0.2, 0.25) is 0 Å². The van der Waals surface area contributed by atoms with Crippen LogP contribution in [-0.2, 0) is 4.79 Å². The molecule has 0 aliphatic heterocycles. The van der Waals surface area contributed by atoms with Crippen molar-refractivity contribution in [3.63, 3.8) is 0 Å². The van der Waals surface area contributed by atoms with Crippen LogP contribution in [0.25, 0.3) is 21.9 Å². The van der Waals surface area contributed by atoms with Gasteiger partial charge in [0, 0.05) is 28.5 Å². The number of aliphatic carboxylic acids is 1. The second kappa shape index (κ2) is 7.75. The molecular formula is C24H16N2O3. The van der Waals surface area contributed by atoms with Gasteiger partial charge < -0.3 is 14.4 Å². The zero-order valence-corrected chi connectivity index (χ0v) is 15.3. The lowest BCUT2D eigenvalue weighted by Gasteiger charge is -2.25. The number of hydrogen-bond donors (Lipinski definition) is 1. The minimum absolute atomic E-state index is 0.330. The van der Waals surface area contributed by atoms with Crippen LogP contribution in [0.4, 0.5) is 17.1 Å². The number of benzene rings is 3. The molecule has 0 aliphatic rings. The number of anilines is 3. The number of carbonyl (C=O) groups is 1. The molecule has 0 unspecified atom stereocenters. The molecule has 29 heavy (non-hydrogen) atoms. The Balaban J connectivity index is 1.81. The van der Waals surface area contributed by atoms with E-state index in [2.05, 4.69) is 9.74 Å². The Hall–Kier alpha value is -4.30. The number of carboxylic acid groups (broad SMARTS) is 1. The summed E-state index contributed by atoms with van der Waals surface area (Å²) in [7, 11) is 0. The molecule has 1 heterocycles. The van der Waals surface area contributed by atoms with Gasteiger partial charge in [0.2, 0.25) is 0 Å². The summed E-state index contributed by atoms with van der Waals surface area (Å²) >= 11 is 0. The first-order chi connectivity index (χ1) is 14.2. The average Bonchev–Trinajstić information content (AvgIpc) is 3.15. The van der Waals surface area contributed by atoms with Gasteiger partial charge >= 0.3 is 5.97 Å². The molecule has 0 bridgehead atoms. The Morgan fingerprint density at radius 2 is 1.52 bits per heavy atom. The minimum Gasteiger partial charge on any atom is -0.486 e. The monoisotopic (exact) mass is 380 g/mol. The predicted octanol–water partition coefficient (Wildman–Crippen LogP) is 6.25. The van der Waals surface area contributed by atoms with Gasteiger partial charge in [-0.1, -0.05) is 36.4 Å². The fraction of sp³-hybridized carbons (Fsp3) is 0. The smallest absolute Gasteiger partial charge is 0.333 e. The molecule has 140 valence electrons. The Bertz CT molecular complexity index is 1200. The quantitative estimate of drug-likeness (QED) is 0.328. The van der Waals surface area contributed by atoms with Crippen LogP contribution >= 0.6 is 0 Å². The lowest BCUT2D eigenvalue weighted by molar-refractivity contribution is -0.132. The standard InChI is InChI=1S/C24H16N2O3/c1-25-22(24(27)28)16-21-14-17-12-13-20(15-23(17)29-21)26(18-8-4-2-5-9-18)19-10-6-3-7-11-19/h2-16H,(H,27,28). The largest absolute Gasteiger partial charge is 0.486 e. The van der Waals surface area contributed by atoms with Crippen LogP contribution in [0.15, 0.2) is 95.0 Å². The Labute approximate surface area is 167 Å². The highest BCUT2D eigenvalue weighted by atomic mass is 16.4. The molecule has 0 saturated heterocycles. The number of carboxylic acids is 1. The molecule has 1 N–H and O–H groups in total. The van der Waals surface area contributed by atoms with Crippen LogP contribution in [0.5, 0.6) is 0 Å². The molecule has 0 radical (unpaired) electrons. The first kappa shape index (κ1) is 18.1. The summed E-state index contributed by atoms with van der Waals surface area (Å²) in [4.78, 5) is 16.2. The Morgan fingerprint density at radius 3 is 2.07 bits per heavy atom. The van der Waals surface area contributed by atoms with Gasteiger partial charge in [0.25, 0.3) is 5.70 Å². The van der Waals surface area contributed by atoms with Gasteiger partial charge in [-0.2, -0.15) is 0 Å². The second-order valence-electron chi connectivity index (χ2n) is 6.32. The van der Waals surface area contributed by atoms with Crippen LogP contribution in [0.1, 0.15) is 5.76 Å². The summed E-state index contributed by atoms with van der Waals surface area (Å²) in [5.41, 5.74) is 3.14. The molecule has 0 aliphatic carbocycles. The number of fused-ring (bicyclic) bond motifs is 1. The van der Waals surface area contributed by atoms with E-state index in [-0.39, 0.29) is 5.70 Å². The highest BCUT2D eigenvalue weighted by molar-refractivity contribution is 5.95. The van der Waals surface area contributed by atoms with Gasteiger partial charge in [-0.15, -0.1) is 0 Å². The first-order valence-corrected chi connectivity index (χ1v) is 8.92. The van der Waals surface area contributed by atoms with Crippen LogP contribution < -0.4 is 4.90 Å². The highest BCUT2D eigenvalue weighted by Gasteiger charge is 2.14. The number of para-hydroxylation sites is 2. The fourth-order valence-corrected chi connectivity index (χ4v) is 3.13. The number of furan rings is 1. The Kier molecular flexibility index (Phi) is 4.83. The van der Waals surface area contributed by atoms with Crippen molar-refractivity contribution in [1.82, 2.24) is 0 Å². The second-order valence-corrected chi connectivity index (χ2v) is 6.32. The van der Waals surface area contributed by atoms with E-state index in [1.165, 1.54) is 6.08 Å². The molecule has 4 aromatic rings. The summed E-state index contributed by atoms with van der Waals surface area (Å²) in [5.74, 6) is -0.947. The van der Waals surface area contributed by atoms with Crippen molar-refractivity contribution < 1.29 is 14.3 Å². The van der Waals surface area contributed by atoms with E-state index in [4.69, 9.17) is 16.1 Å². The SMILES string of the molecule is [C-]#[N+]C(=Cc1cc2ccc(N(c3ccccc3)c3ccccc3)cc2o1)C(=O)O. The lowest BCUT2D eigenvalue weighted by Crippen LogP contribution is -2.09. The molecule has 1 aromatic heterocycles. The number of rotatable bonds is 5. The molecule has 0 saturated carbocycles. The van der Waals surface area contributed by atoms with Crippen molar-refractivity contribution in [2.45, 2.75) is 0 Å². The fourth-order valence-electron chi connectivity index (χ4n) is 3.13. The van der Waals surface area contributed by atoms with Crippen molar-refractivity contribution in [2.75, 3.05) is 4.90 Å². The van der Waals surface area contributed by atoms with Crippen LogP contribution in [0, 0.1) is 6.57 Å². The number of hydrogen-bond acceptors (Lipinski definition) is 3. The highest BCUT2D eigenvalue weighted by Crippen LogP contribution is 2.36. The third kappa shape index (κ3) is 3.73. The summed E-state index contributed by atoms with van der Waals surface area (Å²) in [5, 5.41) is 9.88. The maximum atomic E-state index is 11.1. The third-order valence-electron chi connectivity index (χ3n) is 4.43. The normalized spacial score (nSPS) is 11.2. The third-order valence-corrected chi connectivity index (χ3v) is 4.43. The van der Waals surface area contributed by atoms with E-state index >= 15 is 0 Å². The molecule has 5 nitrogen and oxygen atoms in total. The lowest BCUT2D eigenvalue weighted by atomic mass is 10.1. The van der Waals surface area contributed by atoms with Gasteiger partial charge in [0.1, 0.15) is 11.3 Å². The molecule has 0 amide bonds. The zero-order valence-electron chi connectivity index (χ0n) is 15.3. The topological polar surface area (TPSA) is 58.0 Å². The molecule has 0 fully saturated rings. The van der Waals surface area contributed by atoms with Crippen LogP contribution in [0.3, 0.4) is 0 Å². The van der Waals surface area contributed by atoms with Crippen molar-refractivity contribution in [2.24, 2.45) is 0 Å². The van der Waals surface area contributed by atoms with E-state index < -0.39 is 5.97 Å². The molecule has 5 heteroatoms. The van der Waals surface area contributed by atoms with Gasteiger partial charge in [-0.3, -0.25) is 4.79 Å². The summed E-state index contributed by atoms with van der Waals surface area (Å²) in [6, 6.07) is 27.5. The maximum absolute atomic E-state index is 11.1. The van der Waals surface area contributed by atoms with E-state index in [9.17, 15) is 4.79 Å². The van der Waals surface area contributed by atoms with Gasteiger partial charge in [-0.05, 0) is 48.5 Å². The summed E-state index contributed by atoms with van der Waals surface area (Å²) in [6.07, 6.45) is 1.24. The van der Waals surface area contributed by atoms with E-state index in [1.807, 2.05) is 78.9 Å². The van der Waals surface area contributed by atoms with E-state index in [0.717, 1.165) is 22.4 Å². The molecular weight excluding hydrogens is 364 g/mol. The van der Waals surface area contributed by atoms with Crippen molar-refractivity contribution in [3.8, 4) is 0 Å². The minimum atomic E-state index is -1.28. The van der Waals surface area contributed by atoms with Crippen molar-refractivity contribution in [1.29, 1.82) is 0 Å². The number of nitrogens with zero attached hydrogens (tertiary/aromatic N) is 2. The average molecular weight is 380 g/mol. The van der Waals surface area contributed by atoms with Gasteiger partial charge in [-0.25, -0.2) is 4.85 Å². The summed E-state index contributed by atoms with van der Waals surface area (Å²) < 4.78 is 5.80. The maximum Gasteiger partial charge on any atom is 0.333 e. The molecule has 0 spiro atoms. The molecule has 3 aromatic carbocycles. The predicted molar refractivity (Wildman–Crippen MR) is 113 cm³/mol. The summed E-state index contributed by atoms with van der Waals surface area (Å²) in [6.45, 7) is 6.98. The van der Waals surface area contributed by atoms with E-state index in [1.54, 1.807) is 6.07 Å². The molecule has 0 atom stereocenters. The Morgan fingerprint density at radius 1 is 0.897 bits per heavy atom. The van der Waals surface area contributed by atoms with Gasteiger partial charge in [0.15, 0.2) is 0 Å². The molecule has 4 rings (SSSR count). The van der Waals surface area contributed by atoms with E-state index in [0.29, 0.717) is 11.3 Å². The first-order valence-electron chi connectivity index (χ1n) is 8.92. The van der Waals surface area contributed by atoms with Crippen LogP contribution in [-0.4, -0.2) is 11.1 Å². The zero-order chi connectivity index (χ0) is 20.2.